The summed E-state index contributed by atoms with van der Waals surface area (Å²) in [4.78, 5) is 14.1. The summed E-state index contributed by atoms with van der Waals surface area (Å²) in [5, 5.41) is 0. The van der Waals surface area contributed by atoms with Crippen molar-refractivity contribution in [3.05, 3.63) is 47.6 Å². The standard InChI is InChI=1S/C18H24N2O/c1-18(2,3)15-10-12-20(13-11-15)17(21)9-6-14-4-7-16(19)8-5-14/h4-10H,11-13,19H2,1-3H3/b9-6+. The third-order valence-corrected chi connectivity index (χ3v) is 3.84. The molecule has 0 radical (unpaired) electrons. The van der Waals surface area contributed by atoms with Gasteiger partial charge in [-0.15, -0.1) is 0 Å². The monoisotopic (exact) mass is 284 g/mol. The summed E-state index contributed by atoms with van der Waals surface area (Å²) in [5.74, 6) is 0.0658. The van der Waals surface area contributed by atoms with Crippen LogP contribution in [0, 0.1) is 5.41 Å². The molecule has 0 fully saturated rings. The lowest BCUT2D eigenvalue weighted by Gasteiger charge is -2.31. The van der Waals surface area contributed by atoms with Crippen LogP contribution in [0.3, 0.4) is 0 Å². The van der Waals surface area contributed by atoms with Crippen LogP contribution in [0.1, 0.15) is 32.8 Å². The van der Waals surface area contributed by atoms with Gasteiger partial charge in [-0.2, -0.15) is 0 Å². The largest absolute Gasteiger partial charge is 0.399 e. The van der Waals surface area contributed by atoms with Gasteiger partial charge in [-0.3, -0.25) is 4.79 Å². The molecular formula is C18H24N2O. The van der Waals surface area contributed by atoms with E-state index in [0.717, 1.165) is 24.2 Å². The van der Waals surface area contributed by atoms with E-state index in [1.165, 1.54) is 5.57 Å². The van der Waals surface area contributed by atoms with Crippen LogP contribution in [0.15, 0.2) is 42.0 Å². The van der Waals surface area contributed by atoms with Crippen molar-refractivity contribution >= 4 is 17.7 Å². The van der Waals surface area contributed by atoms with Crippen molar-refractivity contribution in [3.63, 3.8) is 0 Å². The molecule has 0 bridgehead atoms. The molecule has 0 spiro atoms. The van der Waals surface area contributed by atoms with E-state index < -0.39 is 0 Å². The molecule has 21 heavy (non-hydrogen) atoms. The number of anilines is 1. The molecule has 1 aliphatic rings. The Balaban J connectivity index is 1.96. The predicted octanol–water partition coefficient (Wildman–Crippen LogP) is 3.49. The van der Waals surface area contributed by atoms with E-state index in [0.29, 0.717) is 6.54 Å². The molecule has 112 valence electrons. The topological polar surface area (TPSA) is 46.3 Å². The van der Waals surface area contributed by atoms with Crippen LogP contribution in [0.4, 0.5) is 5.69 Å². The Morgan fingerprint density at radius 3 is 2.43 bits per heavy atom. The molecule has 1 aliphatic heterocycles. The summed E-state index contributed by atoms with van der Waals surface area (Å²) in [7, 11) is 0. The highest BCUT2D eigenvalue weighted by Gasteiger charge is 2.22. The molecular weight excluding hydrogens is 260 g/mol. The fourth-order valence-corrected chi connectivity index (χ4v) is 2.43. The first-order valence-electron chi connectivity index (χ1n) is 7.38. The van der Waals surface area contributed by atoms with Gasteiger partial charge in [0.2, 0.25) is 5.91 Å². The summed E-state index contributed by atoms with van der Waals surface area (Å²) in [6.45, 7) is 8.16. The zero-order valence-electron chi connectivity index (χ0n) is 13.1. The number of hydrogen-bond acceptors (Lipinski definition) is 2. The molecule has 1 aromatic rings. The predicted molar refractivity (Wildman–Crippen MR) is 88.6 cm³/mol. The Morgan fingerprint density at radius 1 is 1.24 bits per heavy atom. The minimum absolute atomic E-state index is 0.0658. The number of nitrogen functional groups attached to an aromatic ring is 1. The van der Waals surface area contributed by atoms with E-state index in [1.54, 1.807) is 6.08 Å². The number of carbonyl (C=O) groups is 1. The van der Waals surface area contributed by atoms with E-state index in [2.05, 4.69) is 26.8 Å². The van der Waals surface area contributed by atoms with Crippen molar-refractivity contribution in [1.29, 1.82) is 0 Å². The van der Waals surface area contributed by atoms with Crippen molar-refractivity contribution in [3.8, 4) is 0 Å². The van der Waals surface area contributed by atoms with E-state index >= 15 is 0 Å². The first-order chi connectivity index (χ1) is 9.86. The number of amides is 1. The van der Waals surface area contributed by atoms with Crippen LogP contribution in [-0.2, 0) is 4.79 Å². The highest BCUT2D eigenvalue weighted by molar-refractivity contribution is 5.92. The molecule has 0 saturated carbocycles. The maximum atomic E-state index is 12.2. The maximum absolute atomic E-state index is 12.2. The average Bonchev–Trinajstić information content (AvgIpc) is 2.45. The minimum atomic E-state index is 0.0658. The van der Waals surface area contributed by atoms with Gasteiger partial charge in [-0.25, -0.2) is 0 Å². The highest BCUT2D eigenvalue weighted by atomic mass is 16.2. The van der Waals surface area contributed by atoms with Crippen molar-refractivity contribution < 1.29 is 4.79 Å². The molecule has 1 aromatic carbocycles. The normalized spacial score (nSPS) is 16.1. The van der Waals surface area contributed by atoms with Crippen LogP contribution >= 0.6 is 0 Å². The van der Waals surface area contributed by atoms with Crippen molar-refractivity contribution in [1.82, 2.24) is 4.90 Å². The second-order valence-electron chi connectivity index (χ2n) is 6.51. The van der Waals surface area contributed by atoms with Gasteiger partial charge in [0, 0.05) is 24.9 Å². The third-order valence-electron chi connectivity index (χ3n) is 3.84. The van der Waals surface area contributed by atoms with Gasteiger partial charge in [-0.1, -0.05) is 44.6 Å². The molecule has 0 saturated heterocycles. The molecule has 2 N–H and O–H groups in total. The van der Waals surface area contributed by atoms with Crippen molar-refractivity contribution in [2.45, 2.75) is 27.2 Å². The number of hydrogen-bond donors (Lipinski definition) is 1. The van der Waals surface area contributed by atoms with Gasteiger partial charge < -0.3 is 10.6 Å². The SMILES string of the molecule is CC(C)(C)C1=CCN(C(=O)/C=C/c2ccc(N)cc2)CC1. The first-order valence-corrected chi connectivity index (χ1v) is 7.38. The van der Waals surface area contributed by atoms with Crippen LogP contribution in [0.25, 0.3) is 6.08 Å². The van der Waals surface area contributed by atoms with E-state index in [-0.39, 0.29) is 11.3 Å². The highest BCUT2D eigenvalue weighted by Crippen LogP contribution is 2.30. The van der Waals surface area contributed by atoms with Gasteiger partial charge >= 0.3 is 0 Å². The smallest absolute Gasteiger partial charge is 0.246 e. The third kappa shape index (κ3) is 4.22. The lowest BCUT2D eigenvalue weighted by molar-refractivity contribution is -0.125. The van der Waals surface area contributed by atoms with Crippen LogP contribution in [-0.4, -0.2) is 23.9 Å². The molecule has 1 amide bonds. The van der Waals surface area contributed by atoms with Gasteiger partial charge in [0.15, 0.2) is 0 Å². The zero-order chi connectivity index (χ0) is 15.5. The molecule has 0 aromatic heterocycles. The Bertz CT molecular complexity index is 562. The summed E-state index contributed by atoms with van der Waals surface area (Å²) in [5.41, 5.74) is 9.00. The fourth-order valence-electron chi connectivity index (χ4n) is 2.43. The molecule has 0 atom stereocenters. The van der Waals surface area contributed by atoms with Crippen molar-refractivity contribution in [2.75, 3.05) is 18.8 Å². The number of nitrogens with zero attached hydrogens (tertiary/aromatic N) is 1. The lowest BCUT2D eigenvalue weighted by atomic mass is 9.83. The zero-order valence-corrected chi connectivity index (χ0v) is 13.1. The van der Waals surface area contributed by atoms with Gasteiger partial charge in [0.05, 0.1) is 0 Å². The van der Waals surface area contributed by atoms with Crippen LogP contribution in [0.5, 0.6) is 0 Å². The Hall–Kier alpha value is -2.03. The van der Waals surface area contributed by atoms with Gasteiger partial charge in [0.25, 0.3) is 0 Å². The van der Waals surface area contributed by atoms with Gasteiger partial charge in [0.1, 0.15) is 0 Å². The molecule has 2 rings (SSSR count). The average molecular weight is 284 g/mol. The van der Waals surface area contributed by atoms with Crippen LogP contribution < -0.4 is 5.73 Å². The number of nitrogens with two attached hydrogens (primary N) is 1. The van der Waals surface area contributed by atoms with E-state index in [4.69, 9.17) is 5.73 Å². The Morgan fingerprint density at radius 2 is 1.90 bits per heavy atom. The molecule has 0 unspecified atom stereocenters. The minimum Gasteiger partial charge on any atom is -0.399 e. The number of carbonyl (C=O) groups excluding carboxylic acids is 1. The fraction of sp³-hybridized carbons (Fsp3) is 0.389. The summed E-state index contributed by atoms with van der Waals surface area (Å²) in [6.07, 6.45) is 6.63. The van der Waals surface area contributed by atoms with Gasteiger partial charge in [-0.05, 0) is 35.6 Å². The maximum Gasteiger partial charge on any atom is 0.246 e. The summed E-state index contributed by atoms with van der Waals surface area (Å²) < 4.78 is 0. The lowest BCUT2D eigenvalue weighted by Crippen LogP contribution is -2.35. The molecule has 3 nitrogen and oxygen atoms in total. The van der Waals surface area contributed by atoms with Crippen molar-refractivity contribution in [2.24, 2.45) is 5.41 Å². The summed E-state index contributed by atoms with van der Waals surface area (Å²) >= 11 is 0. The molecule has 0 aliphatic carbocycles. The summed E-state index contributed by atoms with van der Waals surface area (Å²) in [6, 6.07) is 7.49. The van der Waals surface area contributed by atoms with Crippen LogP contribution in [0.2, 0.25) is 0 Å². The Labute approximate surface area is 127 Å². The quantitative estimate of drug-likeness (QED) is 0.513. The number of rotatable bonds is 2. The second-order valence-corrected chi connectivity index (χ2v) is 6.51. The molecule has 3 heteroatoms. The second kappa shape index (κ2) is 6.17. The first kappa shape index (κ1) is 15.4. The molecule has 1 heterocycles. The number of benzene rings is 1. The van der Waals surface area contributed by atoms with E-state index in [1.807, 2.05) is 35.2 Å². The van der Waals surface area contributed by atoms with E-state index in [9.17, 15) is 4.79 Å². The Kier molecular flexibility index (Phi) is 4.51.